The maximum Gasteiger partial charge on any atom is 0.142 e. The molecule has 0 atom stereocenters. The van der Waals surface area contributed by atoms with Crippen molar-refractivity contribution in [1.29, 1.82) is 0 Å². The van der Waals surface area contributed by atoms with E-state index in [1.807, 2.05) is 33.8 Å². The zero-order valence-corrected chi connectivity index (χ0v) is 16.3. The molecule has 0 unspecified atom stereocenters. The zero-order valence-electron chi connectivity index (χ0n) is 15.5. The molecule has 0 N–H and O–H groups in total. The van der Waals surface area contributed by atoms with Gasteiger partial charge in [0.05, 0.1) is 5.02 Å². The molecule has 3 heteroatoms. The molecular formula is C19H34ClNO. The number of hydrogen-bond donors (Lipinski definition) is 0. The van der Waals surface area contributed by atoms with Crippen LogP contribution < -0.4 is 4.74 Å². The summed E-state index contributed by atoms with van der Waals surface area (Å²) in [5.74, 6) is 1.57. The number of fused-ring (bicyclic) bond motifs is 1. The van der Waals surface area contributed by atoms with Crippen LogP contribution in [0.2, 0.25) is 5.02 Å². The highest BCUT2D eigenvalue weighted by molar-refractivity contribution is 6.32. The molecule has 0 bridgehead atoms. The fourth-order valence-corrected chi connectivity index (χ4v) is 2.78. The fourth-order valence-electron chi connectivity index (χ4n) is 2.46. The summed E-state index contributed by atoms with van der Waals surface area (Å²) in [5, 5.41) is 0.760. The monoisotopic (exact) mass is 327 g/mol. The van der Waals surface area contributed by atoms with E-state index in [0.29, 0.717) is 5.92 Å². The summed E-state index contributed by atoms with van der Waals surface area (Å²) in [7, 11) is 0. The van der Waals surface area contributed by atoms with Gasteiger partial charge in [-0.15, -0.1) is 0 Å². The van der Waals surface area contributed by atoms with Crippen LogP contribution in [0.3, 0.4) is 0 Å². The van der Waals surface area contributed by atoms with E-state index in [1.54, 1.807) is 0 Å². The quantitative estimate of drug-likeness (QED) is 0.695. The van der Waals surface area contributed by atoms with Crippen LogP contribution in [0.25, 0.3) is 0 Å². The second kappa shape index (κ2) is 11.8. The molecule has 1 heterocycles. The minimum Gasteiger partial charge on any atom is -0.490 e. The number of halogens is 1. The van der Waals surface area contributed by atoms with Crippen LogP contribution in [0.5, 0.6) is 5.75 Å². The van der Waals surface area contributed by atoms with Crippen molar-refractivity contribution in [2.24, 2.45) is 5.92 Å². The minimum atomic E-state index is 0.677. The van der Waals surface area contributed by atoms with Crippen LogP contribution in [0.15, 0.2) is 12.1 Å². The third-order valence-corrected chi connectivity index (χ3v) is 3.54. The average Bonchev–Trinajstić information content (AvgIpc) is 2.72. The highest BCUT2D eigenvalue weighted by Gasteiger charge is 2.18. The van der Waals surface area contributed by atoms with Crippen LogP contribution in [0.1, 0.15) is 59.6 Å². The van der Waals surface area contributed by atoms with E-state index in [0.717, 1.165) is 43.4 Å². The third-order valence-electron chi connectivity index (χ3n) is 3.26. The molecule has 1 aromatic carbocycles. The molecule has 0 saturated heterocycles. The molecule has 0 saturated carbocycles. The van der Waals surface area contributed by atoms with Gasteiger partial charge in [0.25, 0.3) is 0 Å². The van der Waals surface area contributed by atoms with Gasteiger partial charge >= 0.3 is 0 Å². The van der Waals surface area contributed by atoms with Crippen molar-refractivity contribution in [3.63, 3.8) is 0 Å². The maximum absolute atomic E-state index is 6.31. The standard InChI is InChI=1S/C15H22ClNO.2C2H6/c1-4-12-7-13-10-17(9-11(2)3)5-6-18-15(13)14(16)8-12;2*1-2/h7-8,11H,4-6,9-10H2,1-3H3;2*1-2H3. The van der Waals surface area contributed by atoms with Gasteiger partial charge in [0, 0.05) is 25.2 Å². The number of benzene rings is 1. The summed E-state index contributed by atoms with van der Waals surface area (Å²) in [5.41, 5.74) is 2.52. The average molecular weight is 328 g/mol. The Morgan fingerprint density at radius 3 is 2.36 bits per heavy atom. The molecular weight excluding hydrogens is 294 g/mol. The van der Waals surface area contributed by atoms with Gasteiger partial charge in [0.15, 0.2) is 0 Å². The van der Waals surface area contributed by atoms with Gasteiger partial charge in [-0.3, -0.25) is 4.90 Å². The normalized spacial score (nSPS) is 13.9. The predicted molar refractivity (Wildman–Crippen MR) is 99.1 cm³/mol. The second-order valence-corrected chi connectivity index (χ2v) is 5.80. The van der Waals surface area contributed by atoms with Crippen molar-refractivity contribution in [3.8, 4) is 5.75 Å². The molecule has 0 radical (unpaired) electrons. The highest BCUT2D eigenvalue weighted by atomic mass is 35.5. The fraction of sp³-hybridized carbons (Fsp3) is 0.684. The minimum absolute atomic E-state index is 0.677. The Morgan fingerprint density at radius 1 is 1.18 bits per heavy atom. The molecule has 0 fully saturated rings. The van der Waals surface area contributed by atoms with E-state index in [-0.39, 0.29) is 0 Å². The molecule has 128 valence electrons. The van der Waals surface area contributed by atoms with Crippen molar-refractivity contribution in [2.45, 2.75) is 61.4 Å². The first-order valence-electron chi connectivity index (χ1n) is 8.76. The lowest BCUT2D eigenvalue weighted by Gasteiger charge is -2.21. The van der Waals surface area contributed by atoms with E-state index in [9.17, 15) is 0 Å². The van der Waals surface area contributed by atoms with E-state index in [2.05, 4.69) is 31.7 Å². The van der Waals surface area contributed by atoms with Gasteiger partial charge in [0.2, 0.25) is 0 Å². The SMILES string of the molecule is CC.CC.CCc1cc(Cl)c2c(c1)CN(CC(C)C)CCO2. The highest BCUT2D eigenvalue weighted by Crippen LogP contribution is 2.33. The van der Waals surface area contributed by atoms with Crippen molar-refractivity contribution in [3.05, 3.63) is 28.3 Å². The van der Waals surface area contributed by atoms with Crippen molar-refractivity contribution in [1.82, 2.24) is 4.90 Å². The van der Waals surface area contributed by atoms with Gasteiger partial charge in [-0.05, 0) is 24.0 Å². The molecule has 0 aromatic heterocycles. The number of nitrogens with zero attached hydrogens (tertiary/aromatic N) is 1. The first-order chi connectivity index (χ1) is 10.6. The van der Waals surface area contributed by atoms with E-state index in [4.69, 9.17) is 16.3 Å². The van der Waals surface area contributed by atoms with E-state index in [1.165, 1.54) is 11.1 Å². The largest absolute Gasteiger partial charge is 0.490 e. The molecule has 1 aromatic rings. The van der Waals surface area contributed by atoms with Crippen molar-refractivity contribution >= 4 is 11.6 Å². The Kier molecular flexibility index (Phi) is 11.4. The summed E-state index contributed by atoms with van der Waals surface area (Å²) in [6.45, 7) is 18.4. The van der Waals surface area contributed by atoms with Crippen LogP contribution in [-0.2, 0) is 13.0 Å². The van der Waals surface area contributed by atoms with Crippen LogP contribution >= 0.6 is 11.6 Å². The summed E-state index contributed by atoms with van der Waals surface area (Å²) in [6.07, 6.45) is 1.01. The molecule has 22 heavy (non-hydrogen) atoms. The Morgan fingerprint density at radius 2 is 1.82 bits per heavy atom. The lowest BCUT2D eigenvalue weighted by Crippen LogP contribution is -2.29. The predicted octanol–water partition coefficient (Wildman–Crippen LogP) is 5.81. The van der Waals surface area contributed by atoms with Gasteiger partial charge in [-0.25, -0.2) is 0 Å². The Bertz CT molecular complexity index is 418. The van der Waals surface area contributed by atoms with Crippen molar-refractivity contribution in [2.75, 3.05) is 19.7 Å². The maximum atomic E-state index is 6.31. The molecule has 2 rings (SSSR count). The number of aryl methyl sites for hydroxylation is 1. The zero-order chi connectivity index (χ0) is 17.1. The number of rotatable bonds is 3. The van der Waals surface area contributed by atoms with Crippen LogP contribution in [-0.4, -0.2) is 24.6 Å². The van der Waals surface area contributed by atoms with E-state index < -0.39 is 0 Å². The molecule has 2 nitrogen and oxygen atoms in total. The Hall–Kier alpha value is -0.730. The summed E-state index contributed by atoms with van der Waals surface area (Å²) in [4.78, 5) is 2.45. The topological polar surface area (TPSA) is 12.5 Å². The summed E-state index contributed by atoms with van der Waals surface area (Å²) < 4.78 is 5.82. The molecule has 1 aliphatic heterocycles. The molecule has 0 aliphatic carbocycles. The first-order valence-corrected chi connectivity index (χ1v) is 9.14. The lowest BCUT2D eigenvalue weighted by molar-refractivity contribution is 0.207. The smallest absolute Gasteiger partial charge is 0.142 e. The van der Waals surface area contributed by atoms with Gasteiger partial charge < -0.3 is 4.74 Å². The molecule has 1 aliphatic rings. The van der Waals surface area contributed by atoms with Crippen molar-refractivity contribution < 1.29 is 4.74 Å². The number of ether oxygens (including phenoxy) is 1. The Balaban J connectivity index is 0.00000102. The van der Waals surface area contributed by atoms with Gasteiger partial charge in [-0.2, -0.15) is 0 Å². The Labute approximate surface area is 142 Å². The third kappa shape index (κ3) is 6.58. The van der Waals surface area contributed by atoms with Gasteiger partial charge in [0.1, 0.15) is 12.4 Å². The first kappa shape index (κ1) is 21.3. The van der Waals surface area contributed by atoms with Gasteiger partial charge in [-0.1, -0.05) is 66.1 Å². The lowest BCUT2D eigenvalue weighted by atomic mass is 10.1. The number of hydrogen-bond acceptors (Lipinski definition) is 2. The van der Waals surface area contributed by atoms with E-state index >= 15 is 0 Å². The summed E-state index contributed by atoms with van der Waals surface area (Å²) in [6, 6.07) is 4.26. The van der Waals surface area contributed by atoms with Crippen LogP contribution in [0.4, 0.5) is 0 Å². The molecule has 0 spiro atoms. The summed E-state index contributed by atoms with van der Waals surface area (Å²) >= 11 is 6.31. The second-order valence-electron chi connectivity index (χ2n) is 5.40. The van der Waals surface area contributed by atoms with Crippen LogP contribution in [0, 0.1) is 5.92 Å². The molecule has 0 amide bonds.